The second kappa shape index (κ2) is 2.51. The molecule has 4 heteroatoms. The number of esters is 1. The standard InChI is InChI=1S/C6H7N2O2/c1-8-4-7-3-5(8)6(9)10-2/h3-4H,2H2,1H3. The number of hydrogen-bond donors (Lipinski definition) is 0. The Kier molecular flexibility index (Phi) is 1.71. The van der Waals surface area contributed by atoms with Crippen molar-refractivity contribution >= 4 is 5.97 Å². The number of hydrogen-bond acceptors (Lipinski definition) is 3. The molecule has 53 valence electrons. The Hall–Kier alpha value is -1.32. The summed E-state index contributed by atoms with van der Waals surface area (Å²) in [6.45, 7) is 0. The van der Waals surface area contributed by atoms with Crippen LogP contribution in [0.25, 0.3) is 0 Å². The van der Waals surface area contributed by atoms with Crippen molar-refractivity contribution in [1.29, 1.82) is 0 Å². The molecule has 0 fully saturated rings. The van der Waals surface area contributed by atoms with Gasteiger partial charge in [-0.1, -0.05) is 0 Å². The highest BCUT2D eigenvalue weighted by atomic mass is 16.5. The zero-order valence-electron chi connectivity index (χ0n) is 5.57. The fraction of sp³-hybridized carbons (Fsp3) is 0.167. The van der Waals surface area contributed by atoms with Crippen LogP contribution in [0.4, 0.5) is 0 Å². The first-order chi connectivity index (χ1) is 4.75. The first kappa shape index (κ1) is 6.80. The predicted molar refractivity (Wildman–Crippen MR) is 34.0 cm³/mol. The van der Waals surface area contributed by atoms with Crippen LogP contribution in [0.1, 0.15) is 10.5 Å². The summed E-state index contributed by atoms with van der Waals surface area (Å²) < 4.78 is 5.79. The molecule has 0 atom stereocenters. The van der Waals surface area contributed by atoms with Gasteiger partial charge in [0.2, 0.25) is 0 Å². The molecule has 0 spiro atoms. The van der Waals surface area contributed by atoms with Crippen LogP contribution < -0.4 is 0 Å². The normalized spacial score (nSPS) is 9.40. The van der Waals surface area contributed by atoms with Crippen LogP contribution in [0.5, 0.6) is 0 Å². The summed E-state index contributed by atoms with van der Waals surface area (Å²) in [7, 11) is 4.70. The third-order valence-electron chi connectivity index (χ3n) is 1.16. The summed E-state index contributed by atoms with van der Waals surface area (Å²) in [6.07, 6.45) is 2.94. The van der Waals surface area contributed by atoms with E-state index in [1.165, 1.54) is 12.5 Å². The van der Waals surface area contributed by atoms with E-state index in [1.807, 2.05) is 0 Å². The third-order valence-corrected chi connectivity index (χ3v) is 1.16. The molecule has 0 saturated heterocycles. The molecule has 0 N–H and O–H groups in total. The second-order valence-electron chi connectivity index (χ2n) is 1.82. The molecule has 0 aliphatic heterocycles. The van der Waals surface area contributed by atoms with Crippen molar-refractivity contribution in [3.8, 4) is 0 Å². The van der Waals surface area contributed by atoms with Gasteiger partial charge in [0, 0.05) is 7.05 Å². The highest BCUT2D eigenvalue weighted by Gasteiger charge is 2.07. The van der Waals surface area contributed by atoms with Gasteiger partial charge in [0.1, 0.15) is 12.8 Å². The number of ether oxygens (including phenoxy) is 1. The van der Waals surface area contributed by atoms with Gasteiger partial charge in [0.25, 0.3) is 0 Å². The lowest BCUT2D eigenvalue weighted by molar-refractivity contribution is 0.0643. The Morgan fingerprint density at radius 3 is 3.00 bits per heavy atom. The van der Waals surface area contributed by atoms with Gasteiger partial charge in [-0.15, -0.1) is 0 Å². The number of aromatic nitrogens is 2. The van der Waals surface area contributed by atoms with Crippen molar-refractivity contribution in [1.82, 2.24) is 9.55 Å². The van der Waals surface area contributed by atoms with Gasteiger partial charge in [0.15, 0.2) is 0 Å². The van der Waals surface area contributed by atoms with E-state index in [9.17, 15) is 4.79 Å². The van der Waals surface area contributed by atoms with E-state index < -0.39 is 5.97 Å². The fourth-order valence-electron chi connectivity index (χ4n) is 0.628. The molecule has 4 nitrogen and oxygen atoms in total. The summed E-state index contributed by atoms with van der Waals surface area (Å²) in [5.74, 6) is -0.472. The van der Waals surface area contributed by atoms with Crippen LogP contribution in [0.3, 0.4) is 0 Å². The molecule has 0 bridgehead atoms. The van der Waals surface area contributed by atoms with E-state index >= 15 is 0 Å². The zero-order chi connectivity index (χ0) is 7.56. The van der Waals surface area contributed by atoms with E-state index in [4.69, 9.17) is 0 Å². The maximum absolute atomic E-state index is 10.7. The molecule has 0 saturated carbocycles. The van der Waals surface area contributed by atoms with E-state index in [0.29, 0.717) is 5.69 Å². The summed E-state index contributed by atoms with van der Waals surface area (Å²) in [5.41, 5.74) is 0.398. The monoisotopic (exact) mass is 139 g/mol. The summed E-state index contributed by atoms with van der Waals surface area (Å²) >= 11 is 0. The van der Waals surface area contributed by atoms with Crippen LogP contribution >= 0.6 is 0 Å². The van der Waals surface area contributed by atoms with Gasteiger partial charge >= 0.3 is 5.97 Å². The Morgan fingerprint density at radius 1 is 1.90 bits per heavy atom. The van der Waals surface area contributed by atoms with E-state index in [1.54, 1.807) is 11.6 Å². The zero-order valence-corrected chi connectivity index (χ0v) is 5.57. The molecule has 0 aromatic carbocycles. The Bertz CT molecular complexity index is 242. The second-order valence-corrected chi connectivity index (χ2v) is 1.82. The van der Waals surface area contributed by atoms with Crippen molar-refractivity contribution < 1.29 is 9.53 Å². The molecule has 1 aromatic heterocycles. The molecule has 0 aliphatic rings. The lowest BCUT2D eigenvalue weighted by Crippen LogP contribution is -2.05. The maximum Gasteiger partial charge on any atom is 0.356 e. The minimum Gasteiger partial charge on any atom is -0.457 e. The van der Waals surface area contributed by atoms with Crippen LogP contribution in [0, 0.1) is 7.11 Å². The van der Waals surface area contributed by atoms with Gasteiger partial charge in [-0.05, 0) is 0 Å². The van der Waals surface area contributed by atoms with Crippen molar-refractivity contribution in [2.24, 2.45) is 7.05 Å². The quantitative estimate of drug-likeness (QED) is 0.528. The smallest absolute Gasteiger partial charge is 0.356 e. The van der Waals surface area contributed by atoms with Crippen molar-refractivity contribution in [2.75, 3.05) is 0 Å². The van der Waals surface area contributed by atoms with E-state index in [0.717, 1.165) is 0 Å². The molecular weight excluding hydrogens is 132 g/mol. The highest BCUT2D eigenvalue weighted by Crippen LogP contribution is 1.97. The number of nitrogens with zero attached hydrogens (tertiary/aromatic N) is 2. The van der Waals surface area contributed by atoms with Gasteiger partial charge in [-0.2, -0.15) is 0 Å². The Morgan fingerprint density at radius 2 is 2.60 bits per heavy atom. The number of carbonyl (C=O) groups is 1. The van der Waals surface area contributed by atoms with Crippen LogP contribution in [0.15, 0.2) is 12.5 Å². The fourth-order valence-corrected chi connectivity index (χ4v) is 0.628. The van der Waals surface area contributed by atoms with E-state index in [-0.39, 0.29) is 0 Å². The van der Waals surface area contributed by atoms with Crippen LogP contribution in [0.2, 0.25) is 0 Å². The molecule has 1 rings (SSSR count). The first-order valence-corrected chi connectivity index (χ1v) is 2.68. The van der Waals surface area contributed by atoms with Gasteiger partial charge in [-0.25, -0.2) is 9.78 Å². The average Bonchev–Trinajstić information content (AvgIpc) is 2.34. The third kappa shape index (κ3) is 1.00. The summed E-state index contributed by atoms with van der Waals surface area (Å²) in [5, 5.41) is 0. The Labute approximate surface area is 58.4 Å². The number of rotatable bonds is 1. The largest absolute Gasteiger partial charge is 0.457 e. The van der Waals surface area contributed by atoms with Crippen molar-refractivity contribution in [3.05, 3.63) is 25.3 Å². The Balaban J connectivity index is 2.93. The SMILES string of the molecule is [CH2]OC(=O)c1cncn1C. The molecule has 10 heavy (non-hydrogen) atoms. The summed E-state index contributed by atoms with van der Waals surface area (Å²) in [4.78, 5) is 14.5. The summed E-state index contributed by atoms with van der Waals surface area (Å²) in [6, 6.07) is 0. The van der Waals surface area contributed by atoms with Gasteiger partial charge < -0.3 is 9.30 Å². The van der Waals surface area contributed by atoms with Gasteiger partial charge in [0.05, 0.1) is 12.5 Å². The minimum atomic E-state index is -0.472. The number of carbonyl (C=O) groups excluding carboxylic acids is 1. The molecular formula is C6H7N2O2. The topological polar surface area (TPSA) is 44.1 Å². The van der Waals surface area contributed by atoms with Crippen LogP contribution in [-0.2, 0) is 11.8 Å². The number of aryl methyl sites for hydroxylation is 1. The molecule has 0 unspecified atom stereocenters. The van der Waals surface area contributed by atoms with Gasteiger partial charge in [-0.3, -0.25) is 0 Å². The lowest BCUT2D eigenvalue weighted by Gasteiger charge is -1.96. The number of imidazole rings is 1. The molecule has 1 radical (unpaired) electrons. The lowest BCUT2D eigenvalue weighted by atomic mass is 10.5. The van der Waals surface area contributed by atoms with E-state index in [2.05, 4.69) is 16.8 Å². The van der Waals surface area contributed by atoms with Crippen LogP contribution in [-0.4, -0.2) is 15.5 Å². The van der Waals surface area contributed by atoms with Crippen molar-refractivity contribution in [3.63, 3.8) is 0 Å². The molecule has 1 aromatic rings. The predicted octanol–water partition coefficient (Wildman–Crippen LogP) is 0.368. The molecule has 0 aliphatic carbocycles. The average molecular weight is 139 g/mol. The van der Waals surface area contributed by atoms with Crippen molar-refractivity contribution in [2.45, 2.75) is 0 Å². The highest BCUT2D eigenvalue weighted by molar-refractivity contribution is 5.87. The maximum atomic E-state index is 10.7. The molecule has 1 heterocycles. The minimum absolute atomic E-state index is 0.398. The first-order valence-electron chi connectivity index (χ1n) is 2.68. The molecule has 0 amide bonds.